The molecule has 6 rings (SSSR count). The van der Waals surface area contributed by atoms with Crippen LogP contribution in [-0.4, -0.2) is 72.2 Å². The van der Waals surface area contributed by atoms with Crippen molar-refractivity contribution in [2.24, 2.45) is 17.6 Å². The van der Waals surface area contributed by atoms with Gasteiger partial charge in [0.2, 0.25) is 0 Å². The predicted octanol–water partition coefficient (Wildman–Crippen LogP) is 6.77. The summed E-state index contributed by atoms with van der Waals surface area (Å²) in [5.41, 5.74) is 13.1. The molecule has 0 atom stereocenters. The number of benzene rings is 2. The van der Waals surface area contributed by atoms with Gasteiger partial charge in [0.1, 0.15) is 0 Å². The molecule has 2 saturated heterocycles. The number of aromatic amines is 1. The minimum absolute atomic E-state index is 0.0966. The van der Waals surface area contributed by atoms with Crippen LogP contribution in [0.2, 0.25) is 0 Å². The van der Waals surface area contributed by atoms with Crippen molar-refractivity contribution in [1.29, 1.82) is 5.26 Å². The number of hydrogen-bond donors (Lipinski definition) is 3. The molecule has 1 aromatic heterocycles. The van der Waals surface area contributed by atoms with Crippen LogP contribution >= 0.6 is 0 Å². The molecule has 2 aromatic carbocycles. The van der Waals surface area contributed by atoms with Crippen LogP contribution in [0.15, 0.2) is 30.3 Å². The normalized spacial score (nSPS) is 18.5. The summed E-state index contributed by atoms with van der Waals surface area (Å²) >= 11 is 0. The fraction of sp³-hybridized carbons (Fsp3) is 0.541. The summed E-state index contributed by atoms with van der Waals surface area (Å²) in [6, 6.07) is 12.3. The summed E-state index contributed by atoms with van der Waals surface area (Å²) in [5, 5.41) is 17.4. The van der Waals surface area contributed by atoms with E-state index in [0.717, 1.165) is 84.1 Å². The lowest BCUT2D eigenvalue weighted by Gasteiger charge is -2.39. The summed E-state index contributed by atoms with van der Waals surface area (Å²) in [7, 11) is 0. The lowest BCUT2D eigenvalue weighted by molar-refractivity contribution is -0.192. The van der Waals surface area contributed by atoms with Gasteiger partial charge in [-0.3, -0.25) is 4.79 Å². The van der Waals surface area contributed by atoms with Gasteiger partial charge in [0.15, 0.2) is 5.78 Å². The SMILES string of the molecule is CCc1cc2c(cc1N1CCC(CC3CCN(CCCN)CC3)CC1)C(C)(C)c1[nH]c3cc(C#N)ccc3c1C2=O.O=C(O)C(F)(F)F. The molecule has 258 valence electrons. The van der Waals surface area contributed by atoms with Gasteiger partial charge in [0.25, 0.3) is 0 Å². The van der Waals surface area contributed by atoms with E-state index in [1.54, 1.807) is 0 Å². The second-order valence-electron chi connectivity index (χ2n) is 14.0. The molecule has 2 fully saturated rings. The number of carbonyl (C=O) groups excluding carboxylic acids is 1. The van der Waals surface area contributed by atoms with E-state index in [1.807, 2.05) is 18.2 Å². The summed E-state index contributed by atoms with van der Waals surface area (Å²) in [4.78, 5) is 31.6. The number of carbonyl (C=O) groups is 2. The minimum atomic E-state index is -5.08. The second kappa shape index (κ2) is 14.3. The molecule has 11 heteroatoms. The molecule has 3 heterocycles. The largest absolute Gasteiger partial charge is 0.490 e. The number of alkyl halides is 3. The van der Waals surface area contributed by atoms with Crippen LogP contribution in [0.1, 0.15) is 97.6 Å². The van der Waals surface area contributed by atoms with Gasteiger partial charge in [-0.15, -0.1) is 0 Å². The van der Waals surface area contributed by atoms with E-state index < -0.39 is 12.1 Å². The second-order valence-corrected chi connectivity index (χ2v) is 14.0. The molecule has 0 bridgehead atoms. The van der Waals surface area contributed by atoms with Crippen LogP contribution < -0.4 is 10.6 Å². The first kappa shape index (κ1) is 35.4. The monoisotopic (exact) mass is 665 g/mol. The first-order valence-corrected chi connectivity index (χ1v) is 17.0. The average molecular weight is 666 g/mol. The van der Waals surface area contributed by atoms with Crippen molar-refractivity contribution in [2.45, 2.75) is 77.3 Å². The van der Waals surface area contributed by atoms with E-state index in [1.165, 1.54) is 56.4 Å². The number of nitriles is 1. The molecule has 0 amide bonds. The molecule has 4 N–H and O–H groups in total. The highest BCUT2D eigenvalue weighted by Gasteiger charge is 2.41. The van der Waals surface area contributed by atoms with Gasteiger partial charge in [0.05, 0.1) is 17.2 Å². The topological polar surface area (TPSA) is 126 Å². The number of nitrogens with zero attached hydrogens (tertiary/aromatic N) is 3. The van der Waals surface area contributed by atoms with Crippen molar-refractivity contribution >= 4 is 28.3 Å². The van der Waals surface area contributed by atoms with Crippen molar-refractivity contribution in [1.82, 2.24) is 9.88 Å². The first-order chi connectivity index (χ1) is 22.8. The lowest BCUT2D eigenvalue weighted by atomic mass is 9.70. The average Bonchev–Trinajstić information content (AvgIpc) is 3.47. The molecule has 48 heavy (non-hydrogen) atoms. The highest BCUT2D eigenvalue weighted by molar-refractivity contribution is 6.20. The molecule has 2 aliphatic heterocycles. The van der Waals surface area contributed by atoms with E-state index in [4.69, 9.17) is 15.6 Å². The fourth-order valence-electron chi connectivity index (χ4n) is 7.80. The number of nitrogens with one attached hydrogen (secondary N) is 1. The molecular weight excluding hydrogens is 619 g/mol. The Balaban J connectivity index is 0.000000582. The maximum Gasteiger partial charge on any atom is 0.490 e. The third-order valence-corrected chi connectivity index (χ3v) is 10.5. The molecule has 8 nitrogen and oxygen atoms in total. The van der Waals surface area contributed by atoms with Crippen molar-refractivity contribution in [3.8, 4) is 6.07 Å². The molecule has 3 aromatic rings. The molecule has 1 aliphatic carbocycles. The number of likely N-dealkylation sites (tertiary alicyclic amines) is 1. The van der Waals surface area contributed by atoms with Crippen LogP contribution in [0.25, 0.3) is 10.9 Å². The van der Waals surface area contributed by atoms with Gasteiger partial charge in [-0.1, -0.05) is 26.8 Å². The number of carboxylic acid groups (broad SMARTS) is 1. The molecular formula is C37H46F3N5O3. The number of aliphatic carboxylic acids is 1. The maximum atomic E-state index is 14.0. The first-order valence-electron chi connectivity index (χ1n) is 17.0. The van der Waals surface area contributed by atoms with Gasteiger partial charge in [-0.05, 0) is 118 Å². The Bertz CT molecular complexity index is 1690. The Kier molecular flexibility index (Phi) is 10.6. The molecule has 0 spiro atoms. The van der Waals surface area contributed by atoms with Crippen LogP contribution in [0, 0.1) is 23.2 Å². The number of aryl methyl sites for hydroxylation is 1. The number of rotatable bonds is 7. The molecule has 0 saturated carbocycles. The zero-order valence-electron chi connectivity index (χ0n) is 28.1. The number of hydrogen-bond acceptors (Lipinski definition) is 6. The predicted molar refractivity (Wildman–Crippen MR) is 180 cm³/mol. The van der Waals surface area contributed by atoms with Gasteiger partial charge in [-0.2, -0.15) is 18.4 Å². The van der Waals surface area contributed by atoms with Crippen LogP contribution in [0.3, 0.4) is 0 Å². The zero-order valence-corrected chi connectivity index (χ0v) is 28.1. The Morgan fingerprint density at radius 2 is 1.71 bits per heavy atom. The molecule has 0 radical (unpaired) electrons. The summed E-state index contributed by atoms with van der Waals surface area (Å²) in [6.07, 6.45) is 3.50. The lowest BCUT2D eigenvalue weighted by Crippen LogP contribution is -2.38. The quantitative estimate of drug-likeness (QED) is 0.254. The van der Waals surface area contributed by atoms with Gasteiger partial charge >= 0.3 is 12.1 Å². The number of aromatic nitrogens is 1. The standard InChI is InChI=1S/C35H45N5O.C2HF3O2/c1-4-26-20-28-29(35(2,3)34-32(33(28)41)27-7-6-25(22-37)19-30(27)38-34)21-31(26)40-16-10-24(11-17-40)18-23-8-14-39(15-9-23)13-5-12-36;3-2(4,5)1(6)7/h6-7,19-21,23-24,38H,4-5,8-18,36H2,1-3H3;(H,6,7). The zero-order chi connectivity index (χ0) is 34.8. The fourth-order valence-corrected chi connectivity index (χ4v) is 7.80. The number of nitrogens with two attached hydrogens (primary N) is 1. The maximum absolute atomic E-state index is 14.0. The van der Waals surface area contributed by atoms with Crippen molar-refractivity contribution in [3.05, 3.63) is 63.8 Å². The number of halogens is 3. The minimum Gasteiger partial charge on any atom is -0.475 e. The van der Waals surface area contributed by atoms with E-state index in [2.05, 4.69) is 53.8 Å². The van der Waals surface area contributed by atoms with E-state index in [9.17, 15) is 23.2 Å². The third-order valence-electron chi connectivity index (χ3n) is 10.5. The number of fused-ring (bicyclic) bond motifs is 4. The van der Waals surface area contributed by atoms with E-state index in [-0.39, 0.29) is 11.2 Å². The molecule has 3 aliphatic rings. The number of H-pyrrole nitrogens is 1. The molecule has 0 unspecified atom stereocenters. The number of piperidine rings is 2. The van der Waals surface area contributed by atoms with Crippen molar-refractivity contribution in [3.63, 3.8) is 0 Å². The summed E-state index contributed by atoms with van der Waals surface area (Å²) < 4.78 is 31.7. The Morgan fingerprint density at radius 1 is 1.08 bits per heavy atom. The van der Waals surface area contributed by atoms with E-state index >= 15 is 0 Å². The van der Waals surface area contributed by atoms with Crippen LogP contribution in [0.4, 0.5) is 18.9 Å². The van der Waals surface area contributed by atoms with Crippen molar-refractivity contribution < 1.29 is 27.9 Å². The highest BCUT2D eigenvalue weighted by Crippen LogP contribution is 2.46. The highest BCUT2D eigenvalue weighted by atomic mass is 19.4. The number of anilines is 1. The van der Waals surface area contributed by atoms with Crippen molar-refractivity contribution in [2.75, 3.05) is 44.2 Å². The number of ketones is 1. The Morgan fingerprint density at radius 3 is 2.27 bits per heavy atom. The van der Waals surface area contributed by atoms with Crippen LogP contribution in [-0.2, 0) is 16.6 Å². The van der Waals surface area contributed by atoms with E-state index in [0.29, 0.717) is 5.56 Å². The van der Waals surface area contributed by atoms with Gasteiger partial charge < -0.3 is 25.6 Å². The summed E-state index contributed by atoms with van der Waals surface area (Å²) in [6.45, 7) is 13.3. The Labute approximate surface area is 280 Å². The summed E-state index contributed by atoms with van der Waals surface area (Å²) in [5.74, 6) is -0.969. The smallest absolute Gasteiger partial charge is 0.475 e. The van der Waals surface area contributed by atoms with Gasteiger partial charge in [-0.25, -0.2) is 4.79 Å². The van der Waals surface area contributed by atoms with Crippen LogP contribution in [0.5, 0.6) is 0 Å². The number of carboxylic acids is 1. The Hall–Kier alpha value is -3.88. The van der Waals surface area contributed by atoms with Gasteiger partial charge in [0, 0.05) is 46.4 Å². The third kappa shape index (κ3) is 7.25.